The van der Waals surface area contributed by atoms with Crippen LogP contribution in [0.5, 0.6) is 11.5 Å². The van der Waals surface area contributed by atoms with Gasteiger partial charge in [0.2, 0.25) is 5.91 Å². The number of hydrogen-bond donors (Lipinski definition) is 1. The topological polar surface area (TPSA) is 84.9 Å². The lowest BCUT2D eigenvalue weighted by molar-refractivity contribution is -0.127. The Balaban J connectivity index is 1.75. The van der Waals surface area contributed by atoms with Crippen LogP contribution in [0.25, 0.3) is 6.08 Å². The molecule has 3 amide bonds. The van der Waals surface area contributed by atoms with Crippen LogP contribution in [-0.4, -0.2) is 41.7 Å². The van der Waals surface area contributed by atoms with Gasteiger partial charge in [0.15, 0.2) is 11.5 Å². The molecule has 1 saturated heterocycles. The molecule has 0 spiro atoms. The van der Waals surface area contributed by atoms with Crippen molar-refractivity contribution in [1.29, 1.82) is 0 Å². The van der Waals surface area contributed by atoms with Gasteiger partial charge in [0.05, 0.1) is 22.6 Å². The monoisotopic (exact) mass is 536 g/mol. The molecule has 0 aliphatic carbocycles. The summed E-state index contributed by atoms with van der Waals surface area (Å²) in [7, 11) is 0. The summed E-state index contributed by atoms with van der Waals surface area (Å²) in [5, 5.41) is 1.99. The predicted octanol–water partition coefficient (Wildman–Crippen LogP) is 5.45. The van der Waals surface area contributed by atoms with Gasteiger partial charge in [-0.2, -0.15) is 0 Å². The predicted molar refractivity (Wildman–Crippen MR) is 129 cm³/mol. The van der Waals surface area contributed by atoms with Crippen LogP contribution in [0.15, 0.2) is 45.8 Å². The fourth-order valence-corrected chi connectivity index (χ4v) is 4.36. The van der Waals surface area contributed by atoms with Crippen molar-refractivity contribution in [3.63, 3.8) is 0 Å². The third-order valence-electron chi connectivity index (χ3n) is 4.38. The SMILES string of the molecule is CCCOc1c(Br)cc(/C=C2\SC(=O)N(CC(=O)Nc3ccc(F)cc3)C2=O)cc1OCC. The van der Waals surface area contributed by atoms with Crippen molar-refractivity contribution >= 4 is 56.5 Å². The van der Waals surface area contributed by atoms with Gasteiger partial charge in [0.1, 0.15) is 12.4 Å². The molecule has 0 bridgehead atoms. The van der Waals surface area contributed by atoms with Gasteiger partial charge in [-0.1, -0.05) is 6.92 Å². The maximum absolute atomic E-state index is 13.0. The van der Waals surface area contributed by atoms with E-state index in [1.165, 1.54) is 24.3 Å². The molecule has 3 rings (SSSR count). The number of thioether (sulfide) groups is 1. The third-order valence-corrected chi connectivity index (χ3v) is 5.88. The van der Waals surface area contributed by atoms with Crippen LogP contribution >= 0.6 is 27.7 Å². The fraction of sp³-hybridized carbons (Fsp3) is 0.261. The highest BCUT2D eigenvalue weighted by Gasteiger charge is 2.36. The van der Waals surface area contributed by atoms with Crippen LogP contribution in [0.1, 0.15) is 25.8 Å². The van der Waals surface area contributed by atoms with Crippen LogP contribution in [0, 0.1) is 5.82 Å². The van der Waals surface area contributed by atoms with E-state index in [1.54, 1.807) is 18.2 Å². The molecule has 33 heavy (non-hydrogen) atoms. The second-order valence-electron chi connectivity index (χ2n) is 6.93. The summed E-state index contributed by atoms with van der Waals surface area (Å²) in [4.78, 5) is 38.5. The van der Waals surface area contributed by atoms with Crippen LogP contribution < -0.4 is 14.8 Å². The first-order chi connectivity index (χ1) is 15.8. The Labute approximate surface area is 203 Å². The fourth-order valence-electron chi connectivity index (χ4n) is 2.94. The Morgan fingerprint density at radius 1 is 1.18 bits per heavy atom. The first-order valence-corrected chi connectivity index (χ1v) is 11.8. The average Bonchev–Trinajstić information content (AvgIpc) is 3.02. The summed E-state index contributed by atoms with van der Waals surface area (Å²) in [5.74, 6) is -0.484. The Morgan fingerprint density at radius 3 is 2.58 bits per heavy atom. The molecule has 1 N–H and O–H groups in total. The lowest BCUT2D eigenvalue weighted by Crippen LogP contribution is -2.36. The van der Waals surface area contributed by atoms with Crippen molar-refractivity contribution in [3.8, 4) is 11.5 Å². The molecule has 1 heterocycles. The lowest BCUT2D eigenvalue weighted by atomic mass is 10.2. The second-order valence-corrected chi connectivity index (χ2v) is 8.78. The summed E-state index contributed by atoms with van der Waals surface area (Å²) >= 11 is 4.23. The third kappa shape index (κ3) is 6.35. The molecule has 1 aliphatic heterocycles. The largest absolute Gasteiger partial charge is 0.490 e. The zero-order valence-corrected chi connectivity index (χ0v) is 20.4. The smallest absolute Gasteiger partial charge is 0.294 e. The highest BCUT2D eigenvalue weighted by Crippen LogP contribution is 2.39. The summed E-state index contributed by atoms with van der Waals surface area (Å²) < 4.78 is 25.1. The van der Waals surface area contributed by atoms with E-state index in [2.05, 4.69) is 21.2 Å². The van der Waals surface area contributed by atoms with E-state index in [1.807, 2.05) is 13.8 Å². The Morgan fingerprint density at radius 2 is 1.91 bits per heavy atom. The minimum atomic E-state index is -0.570. The molecule has 2 aromatic carbocycles. The molecule has 0 unspecified atom stereocenters. The molecule has 0 radical (unpaired) electrons. The summed E-state index contributed by atoms with van der Waals surface area (Å²) in [6.07, 6.45) is 2.40. The molecule has 0 aromatic heterocycles. The standard InChI is InChI=1S/C23H22BrFN2O5S/c1-3-9-32-21-17(24)10-14(11-18(21)31-4-2)12-19-22(29)27(23(30)33-19)13-20(28)26-16-7-5-15(25)6-8-16/h5-8,10-12H,3-4,9,13H2,1-2H3,(H,26,28)/b19-12-. The molecular formula is C23H22BrFN2O5S. The maximum Gasteiger partial charge on any atom is 0.294 e. The van der Waals surface area contributed by atoms with E-state index in [-0.39, 0.29) is 4.91 Å². The normalized spacial score (nSPS) is 14.7. The maximum atomic E-state index is 13.0. The zero-order chi connectivity index (χ0) is 24.0. The first kappa shape index (κ1) is 24.8. The lowest BCUT2D eigenvalue weighted by Gasteiger charge is -2.14. The molecule has 2 aromatic rings. The summed E-state index contributed by atoms with van der Waals surface area (Å²) in [6, 6.07) is 8.68. The number of carbonyl (C=O) groups is 3. The molecule has 1 fully saturated rings. The van der Waals surface area contributed by atoms with E-state index in [0.29, 0.717) is 40.4 Å². The second kappa shape index (κ2) is 11.3. The van der Waals surface area contributed by atoms with Gasteiger partial charge in [-0.15, -0.1) is 0 Å². The van der Waals surface area contributed by atoms with E-state index in [4.69, 9.17) is 9.47 Å². The minimum Gasteiger partial charge on any atom is -0.490 e. The molecule has 0 saturated carbocycles. The Kier molecular flexibility index (Phi) is 8.51. The number of imide groups is 1. The van der Waals surface area contributed by atoms with Gasteiger partial charge in [0.25, 0.3) is 11.1 Å². The van der Waals surface area contributed by atoms with Gasteiger partial charge in [-0.05, 0) is 89.1 Å². The number of amides is 3. The molecule has 174 valence electrons. The minimum absolute atomic E-state index is 0.186. The van der Waals surface area contributed by atoms with E-state index in [9.17, 15) is 18.8 Å². The number of benzene rings is 2. The highest BCUT2D eigenvalue weighted by atomic mass is 79.9. The molecule has 0 atom stereocenters. The number of hydrogen-bond acceptors (Lipinski definition) is 6. The first-order valence-electron chi connectivity index (χ1n) is 10.2. The van der Waals surface area contributed by atoms with E-state index in [0.717, 1.165) is 23.1 Å². The quantitative estimate of drug-likeness (QED) is 0.429. The van der Waals surface area contributed by atoms with Crippen molar-refractivity contribution in [1.82, 2.24) is 4.90 Å². The molecule has 7 nitrogen and oxygen atoms in total. The van der Waals surface area contributed by atoms with Crippen LogP contribution in [0.3, 0.4) is 0 Å². The summed E-state index contributed by atoms with van der Waals surface area (Å²) in [5.41, 5.74) is 0.998. The van der Waals surface area contributed by atoms with Crippen molar-refractivity contribution in [2.75, 3.05) is 25.1 Å². The van der Waals surface area contributed by atoms with Crippen molar-refractivity contribution < 1.29 is 28.2 Å². The molecule has 1 aliphatic rings. The zero-order valence-electron chi connectivity index (χ0n) is 18.0. The number of carbonyl (C=O) groups excluding carboxylic acids is 3. The number of nitrogens with zero attached hydrogens (tertiary/aromatic N) is 1. The van der Waals surface area contributed by atoms with Gasteiger partial charge in [-0.3, -0.25) is 19.3 Å². The van der Waals surface area contributed by atoms with Crippen LogP contribution in [-0.2, 0) is 9.59 Å². The summed E-state index contributed by atoms with van der Waals surface area (Å²) in [6.45, 7) is 4.36. The number of nitrogens with one attached hydrogen (secondary N) is 1. The van der Waals surface area contributed by atoms with Crippen molar-refractivity contribution in [2.45, 2.75) is 20.3 Å². The number of anilines is 1. The van der Waals surface area contributed by atoms with Crippen molar-refractivity contribution in [2.24, 2.45) is 0 Å². The van der Waals surface area contributed by atoms with Crippen molar-refractivity contribution in [3.05, 3.63) is 57.2 Å². The number of ether oxygens (including phenoxy) is 2. The van der Waals surface area contributed by atoms with Gasteiger partial charge < -0.3 is 14.8 Å². The Hall–Kier alpha value is -2.85. The number of halogens is 2. The average molecular weight is 537 g/mol. The van der Waals surface area contributed by atoms with Crippen LogP contribution in [0.2, 0.25) is 0 Å². The van der Waals surface area contributed by atoms with Crippen LogP contribution in [0.4, 0.5) is 14.9 Å². The van der Waals surface area contributed by atoms with E-state index >= 15 is 0 Å². The molecular weight excluding hydrogens is 515 g/mol. The molecule has 10 heteroatoms. The highest BCUT2D eigenvalue weighted by molar-refractivity contribution is 9.10. The Bertz CT molecular complexity index is 1090. The van der Waals surface area contributed by atoms with Gasteiger partial charge in [-0.25, -0.2) is 4.39 Å². The van der Waals surface area contributed by atoms with Gasteiger partial charge in [0, 0.05) is 5.69 Å². The number of rotatable bonds is 9. The van der Waals surface area contributed by atoms with E-state index < -0.39 is 29.4 Å². The van der Waals surface area contributed by atoms with Gasteiger partial charge >= 0.3 is 0 Å².